The summed E-state index contributed by atoms with van der Waals surface area (Å²) in [5.41, 5.74) is 1.19. The number of ether oxygens (including phenoxy) is 3. The summed E-state index contributed by atoms with van der Waals surface area (Å²) in [6.45, 7) is 0.0161. The molecule has 4 rings (SSSR count). The van der Waals surface area contributed by atoms with E-state index in [1.54, 1.807) is 36.4 Å². The Labute approximate surface area is 162 Å². The van der Waals surface area contributed by atoms with Crippen molar-refractivity contribution in [2.75, 3.05) is 6.79 Å². The van der Waals surface area contributed by atoms with Gasteiger partial charge in [-0.3, -0.25) is 0 Å². The Kier molecular flexibility index (Phi) is 5.16. The molecule has 144 valence electrons. The van der Waals surface area contributed by atoms with Gasteiger partial charge in [0.15, 0.2) is 17.3 Å². The van der Waals surface area contributed by atoms with Gasteiger partial charge in [-0.2, -0.15) is 8.78 Å². The average Bonchev–Trinajstić information content (AvgIpc) is 3.34. The molecule has 2 aromatic carbocycles. The van der Waals surface area contributed by atoms with Crippen molar-refractivity contribution in [2.24, 2.45) is 0 Å². The zero-order chi connectivity index (χ0) is 19.5. The molecule has 0 saturated heterocycles. The van der Waals surface area contributed by atoms with Crippen molar-refractivity contribution in [3.8, 4) is 22.8 Å². The summed E-state index contributed by atoms with van der Waals surface area (Å²) in [6, 6.07) is 13.0. The lowest BCUT2D eigenvalue weighted by Crippen LogP contribution is -2.07. The Bertz CT molecular complexity index is 1010. The minimum absolute atomic E-state index is 0.0762. The van der Waals surface area contributed by atoms with E-state index >= 15 is 0 Å². The molecular formula is C19H13F2NO5S. The summed E-state index contributed by atoms with van der Waals surface area (Å²) in [6.07, 6.45) is 0. The van der Waals surface area contributed by atoms with E-state index in [0.717, 1.165) is 5.56 Å². The van der Waals surface area contributed by atoms with Crippen LogP contribution in [0, 0.1) is 0 Å². The number of aromatic nitrogens is 1. The number of hydrogen-bond acceptors (Lipinski definition) is 7. The van der Waals surface area contributed by atoms with Crippen molar-refractivity contribution in [1.82, 2.24) is 5.16 Å². The molecule has 1 aliphatic heterocycles. The van der Waals surface area contributed by atoms with Crippen molar-refractivity contribution in [2.45, 2.75) is 17.3 Å². The van der Waals surface area contributed by atoms with E-state index < -0.39 is 11.7 Å². The molecular weight excluding hydrogens is 392 g/mol. The summed E-state index contributed by atoms with van der Waals surface area (Å²) in [5, 5.41) is 3.87. The fourth-order valence-electron chi connectivity index (χ4n) is 2.62. The van der Waals surface area contributed by atoms with Gasteiger partial charge in [0, 0.05) is 16.5 Å². The minimum atomic E-state index is -2.63. The number of fused-ring (bicyclic) bond motifs is 1. The van der Waals surface area contributed by atoms with E-state index in [0.29, 0.717) is 34.7 Å². The van der Waals surface area contributed by atoms with E-state index in [9.17, 15) is 13.6 Å². The van der Waals surface area contributed by atoms with E-state index in [1.807, 2.05) is 0 Å². The third kappa shape index (κ3) is 3.94. The van der Waals surface area contributed by atoms with Crippen LogP contribution in [0.5, 0.6) is 11.5 Å². The van der Waals surface area contributed by atoms with Crippen molar-refractivity contribution >= 4 is 17.7 Å². The van der Waals surface area contributed by atoms with E-state index in [1.165, 1.54) is 12.1 Å². The largest absolute Gasteiger partial charge is 0.455 e. The molecule has 1 aromatic heterocycles. The Morgan fingerprint density at radius 1 is 1.14 bits per heavy atom. The third-order valence-electron chi connectivity index (χ3n) is 3.89. The molecule has 0 radical (unpaired) electrons. The quantitative estimate of drug-likeness (QED) is 0.433. The molecule has 0 bridgehead atoms. The molecule has 3 aromatic rings. The SMILES string of the molecule is O=C(OCc1cc(-c2ccc3c(c2)OCO3)on1)c1ccccc1SC(F)F. The number of halogens is 2. The molecule has 0 spiro atoms. The maximum absolute atomic E-state index is 12.6. The standard InChI is InChI=1S/C19H13F2NO5S/c20-19(21)28-17-4-2-1-3-13(17)18(23)24-9-12-8-15(27-22-12)11-5-6-14-16(7-11)26-10-25-14/h1-8,19H,9-10H2. The molecule has 1 aliphatic rings. The molecule has 0 fully saturated rings. The van der Waals surface area contributed by atoms with Gasteiger partial charge in [0.1, 0.15) is 12.3 Å². The third-order valence-corrected chi connectivity index (χ3v) is 4.68. The number of carbonyl (C=O) groups excluding carboxylic acids is 1. The van der Waals surface area contributed by atoms with Gasteiger partial charge in [0.05, 0.1) is 5.56 Å². The predicted molar refractivity (Wildman–Crippen MR) is 95.5 cm³/mol. The minimum Gasteiger partial charge on any atom is -0.455 e. The van der Waals surface area contributed by atoms with E-state index in [4.69, 9.17) is 18.7 Å². The molecule has 28 heavy (non-hydrogen) atoms. The summed E-state index contributed by atoms with van der Waals surface area (Å²) in [5.74, 6) is -1.61. The molecule has 0 N–H and O–H groups in total. The number of nitrogens with zero attached hydrogens (tertiary/aromatic N) is 1. The van der Waals surface area contributed by atoms with Crippen LogP contribution in [0.15, 0.2) is 57.9 Å². The van der Waals surface area contributed by atoms with E-state index in [-0.39, 0.29) is 23.9 Å². The first-order valence-corrected chi connectivity index (χ1v) is 9.05. The molecule has 0 atom stereocenters. The van der Waals surface area contributed by atoms with Crippen LogP contribution in [0.4, 0.5) is 8.78 Å². The Hall–Kier alpha value is -3.07. The highest BCUT2D eigenvalue weighted by atomic mass is 32.2. The molecule has 2 heterocycles. The van der Waals surface area contributed by atoms with Crippen LogP contribution in [-0.2, 0) is 11.3 Å². The van der Waals surface area contributed by atoms with Crippen molar-refractivity contribution < 1.29 is 32.3 Å². The summed E-state index contributed by atoms with van der Waals surface area (Å²) in [7, 11) is 0. The first kappa shape index (κ1) is 18.3. The van der Waals surface area contributed by atoms with Gasteiger partial charge in [-0.1, -0.05) is 29.1 Å². The Morgan fingerprint density at radius 3 is 2.82 bits per heavy atom. The van der Waals surface area contributed by atoms with Gasteiger partial charge in [-0.15, -0.1) is 0 Å². The fraction of sp³-hybridized carbons (Fsp3) is 0.158. The van der Waals surface area contributed by atoms with Crippen LogP contribution in [-0.4, -0.2) is 23.7 Å². The van der Waals surface area contributed by atoms with Gasteiger partial charge < -0.3 is 18.7 Å². The number of thioether (sulfide) groups is 1. The second-order valence-electron chi connectivity index (χ2n) is 5.70. The van der Waals surface area contributed by atoms with Crippen molar-refractivity contribution in [1.29, 1.82) is 0 Å². The first-order valence-electron chi connectivity index (χ1n) is 8.17. The molecule has 6 nitrogen and oxygen atoms in total. The highest BCUT2D eigenvalue weighted by molar-refractivity contribution is 7.99. The van der Waals surface area contributed by atoms with Crippen LogP contribution in [0.2, 0.25) is 0 Å². The summed E-state index contributed by atoms with van der Waals surface area (Å²) < 4.78 is 46.3. The van der Waals surface area contributed by atoms with Crippen LogP contribution < -0.4 is 9.47 Å². The number of esters is 1. The van der Waals surface area contributed by atoms with Gasteiger partial charge >= 0.3 is 5.97 Å². The molecule has 0 amide bonds. The number of carbonyl (C=O) groups is 1. The second-order valence-corrected chi connectivity index (χ2v) is 6.73. The lowest BCUT2D eigenvalue weighted by molar-refractivity contribution is 0.0460. The topological polar surface area (TPSA) is 70.8 Å². The van der Waals surface area contributed by atoms with Crippen LogP contribution in [0.25, 0.3) is 11.3 Å². The molecule has 0 aliphatic carbocycles. The van der Waals surface area contributed by atoms with Gasteiger partial charge in [0.25, 0.3) is 5.76 Å². The molecule has 9 heteroatoms. The number of alkyl halides is 2. The second kappa shape index (κ2) is 7.89. The highest BCUT2D eigenvalue weighted by Crippen LogP contribution is 2.36. The number of hydrogen-bond donors (Lipinski definition) is 0. The van der Waals surface area contributed by atoms with Crippen LogP contribution >= 0.6 is 11.8 Å². The van der Waals surface area contributed by atoms with Crippen LogP contribution in [0.3, 0.4) is 0 Å². The van der Waals surface area contributed by atoms with Gasteiger partial charge in [-0.05, 0) is 30.3 Å². The maximum atomic E-state index is 12.6. The Morgan fingerprint density at radius 2 is 1.96 bits per heavy atom. The lowest BCUT2D eigenvalue weighted by atomic mass is 10.1. The zero-order valence-corrected chi connectivity index (χ0v) is 15.1. The predicted octanol–water partition coefficient (Wildman–Crippen LogP) is 4.74. The fourth-order valence-corrected chi connectivity index (χ4v) is 3.24. The first-order chi connectivity index (χ1) is 13.6. The highest BCUT2D eigenvalue weighted by Gasteiger charge is 2.18. The maximum Gasteiger partial charge on any atom is 0.339 e. The van der Waals surface area contributed by atoms with Gasteiger partial charge in [0.2, 0.25) is 6.79 Å². The molecule has 0 unspecified atom stereocenters. The average molecular weight is 405 g/mol. The molecule has 0 saturated carbocycles. The van der Waals surface area contributed by atoms with Crippen molar-refractivity contribution in [3.63, 3.8) is 0 Å². The van der Waals surface area contributed by atoms with E-state index in [2.05, 4.69) is 5.16 Å². The summed E-state index contributed by atoms with van der Waals surface area (Å²) >= 11 is 0.296. The number of rotatable bonds is 6. The van der Waals surface area contributed by atoms with Gasteiger partial charge in [-0.25, -0.2) is 4.79 Å². The Balaban J connectivity index is 1.43. The van der Waals surface area contributed by atoms with Crippen LogP contribution in [0.1, 0.15) is 16.1 Å². The number of benzene rings is 2. The monoisotopic (exact) mass is 405 g/mol. The zero-order valence-electron chi connectivity index (χ0n) is 14.3. The lowest BCUT2D eigenvalue weighted by Gasteiger charge is -2.07. The van der Waals surface area contributed by atoms with Crippen molar-refractivity contribution in [3.05, 3.63) is 59.8 Å². The summed E-state index contributed by atoms with van der Waals surface area (Å²) in [4.78, 5) is 12.4. The normalized spacial score (nSPS) is 12.4. The smallest absolute Gasteiger partial charge is 0.339 e.